The van der Waals surface area contributed by atoms with E-state index in [2.05, 4.69) is 19.2 Å². The fraction of sp³-hybridized carbons (Fsp3) is 0.600. The van der Waals surface area contributed by atoms with Crippen molar-refractivity contribution in [1.82, 2.24) is 5.32 Å². The molecule has 19 heavy (non-hydrogen) atoms. The smallest absolute Gasteiger partial charge is 0.0964 e. The number of hydrogen-bond donors (Lipinski definition) is 1. The number of nitrogens with one attached hydrogen (secondary N) is 1. The van der Waals surface area contributed by atoms with Crippen LogP contribution in [0.3, 0.4) is 0 Å². The Morgan fingerprint density at radius 2 is 1.95 bits per heavy atom. The van der Waals surface area contributed by atoms with Crippen molar-refractivity contribution in [2.45, 2.75) is 20.0 Å². The monoisotopic (exact) mass is 285 g/mol. The molecule has 1 atom stereocenters. The summed E-state index contributed by atoms with van der Waals surface area (Å²) in [6, 6.07) is 7.79. The maximum atomic E-state index is 6.20. The Morgan fingerprint density at radius 1 is 1.21 bits per heavy atom. The fourth-order valence-electron chi connectivity index (χ4n) is 1.75. The van der Waals surface area contributed by atoms with Crippen LogP contribution in [0.25, 0.3) is 0 Å². The molecular weight excluding hydrogens is 262 g/mol. The topological polar surface area (TPSA) is 30.5 Å². The lowest BCUT2D eigenvalue weighted by Crippen LogP contribution is -2.22. The molecule has 0 aliphatic rings. The largest absolute Gasteiger partial charge is 0.379 e. The minimum atomic E-state index is -0.0404. The van der Waals surface area contributed by atoms with Gasteiger partial charge in [-0.05, 0) is 19.0 Å². The maximum Gasteiger partial charge on any atom is 0.0964 e. The van der Waals surface area contributed by atoms with Crippen LogP contribution in [0.5, 0.6) is 0 Å². The summed E-state index contributed by atoms with van der Waals surface area (Å²) in [5, 5.41) is 3.87. The molecule has 0 saturated heterocycles. The molecular formula is C15H24ClNO2. The molecule has 0 fully saturated rings. The van der Waals surface area contributed by atoms with Crippen LogP contribution >= 0.6 is 11.6 Å². The highest BCUT2D eigenvalue weighted by Gasteiger charge is 2.14. The van der Waals surface area contributed by atoms with E-state index in [-0.39, 0.29) is 6.10 Å². The Kier molecular flexibility index (Phi) is 8.07. The van der Waals surface area contributed by atoms with Crippen LogP contribution in [0.4, 0.5) is 0 Å². The standard InChI is InChI=1S/C15H24ClNO2/c1-12(2)11-18-8-9-19-15(10-17-3)13-6-4-5-7-14(13)16/h4-7,12,15,17H,8-11H2,1-3H3. The highest BCUT2D eigenvalue weighted by Crippen LogP contribution is 2.24. The van der Waals surface area contributed by atoms with Crippen LogP contribution in [0.2, 0.25) is 5.02 Å². The minimum Gasteiger partial charge on any atom is -0.379 e. The summed E-state index contributed by atoms with van der Waals surface area (Å²) in [6.45, 7) is 6.95. The first-order valence-corrected chi connectivity index (χ1v) is 7.11. The van der Waals surface area contributed by atoms with Crippen molar-refractivity contribution < 1.29 is 9.47 Å². The van der Waals surface area contributed by atoms with Gasteiger partial charge in [0.1, 0.15) is 0 Å². The van der Waals surface area contributed by atoms with Gasteiger partial charge in [-0.1, -0.05) is 43.6 Å². The third-order valence-electron chi connectivity index (χ3n) is 2.64. The number of rotatable bonds is 9. The Labute approximate surface area is 121 Å². The van der Waals surface area contributed by atoms with E-state index in [9.17, 15) is 0 Å². The zero-order chi connectivity index (χ0) is 14.1. The number of halogens is 1. The van der Waals surface area contributed by atoms with E-state index >= 15 is 0 Å². The van der Waals surface area contributed by atoms with Crippen molar-refractivity contribution in [1.29, 1.82) is 0 Å². The zero-order valence-corrected chi connectivity index (χ0v) is 12.7. The minimum absolute atomic E-state index is 0.0404. The molecule has 0 bridgehead atoms. The van der Waals surface area contributed by atoms with Crippen LogP contribution in [-0.4, -0.2) is 33.4 Å². The number of hydrogen-bond acceptors (Lipinski definition) is 3. The molecule has 0 aromatic heterocycles. The van der Waals surface area contributed by atoms with Gasteiger partial charge in [0.2, 0.25) is 0 Å². The molecule has 0 aliphatic heterocycles. The lowest BCUT2D eigenvalue weighted by atomic mass is 10.1. The Balaban J connectivity index is 2.43. The van der Waals surface area contributed by atoms with Crippen LogP contribution in [-0.2, 0) is 9.47 Å². The van der Waals surface area contributed by atoms with Crippen molar-refractivity contribution in [3.63, 3.8) is 0 Å². The van der Waals surface area contributed by atoms with Gasteiger partial charge in [-0.3, -0.25) is 0 Å². The van der Waals surface area contributed by atoms with Crippen molar-refractivity contribution in [3.8, 4) is 0 Å². The Bertz CT molecular complexity index is 358. The lowest BCUT2D eigenvalue weighted by molar-refractivity contribution is -0.000625. The van der Waals surface area contributed by atoms with E-state index in [4.69, 9.17) is 21.1 Å². The lowest BCUT2D eigenvalue weighted by Gasteiger charge is -2.19. The molecule has 108 valence electrons. The molecule has 1 unspecified atom stereocenters. The number of ether oxygens (including phenoxy) is 2. The van der Waals surface area contributed by atoms with Crippen LogP contribution in [0.15, 0.2) is 24.3 Å². The molecule has 1 aromatic rings. The fourth-order valence-corrected chi connectivity index (χ4v) is 2.01. The molecule has 1 aromatic carbocycles. The molecule has 0 heterocycles. The molecule has 0 saturated carbocycles. The third kappa shape index (κ3) is 6.39. The molecule has 0 aliphatic carbocycles. The van der Waals surface area contributed by atoms with Crippen molar-refractivity contribution >= 4 is 11.6 Å². The zero-order valence-electron chi connectivity index (χ0n) is 12.0. The Hall–Kier alpha value is -0.610. The van der Waals surface area contributed by atoms with Gasteiger partial charge in [-0.2, -0.15) is 0 Å². The maximum absolute atomic E-state index is 6.20. The second kappa shape index (κ2) is 9.32. The van der Waals surface area contributed by atoms with E-state index < -0.39 is 0 Å². The quantitative estimate of drug-likeness (QED) is 0.706. The van der Waals surface area contributed by atoms with Crippen molar-refractivity contribution in [3.05, 3.63) is 34.9 Å². The van der Waals surface area contributed by atoms with Crippen LogP contribution in [0.1, 0.15) is 25.5 Å². The van der Waals surface area contributed by atoms with Crippen molar-refractivity contribution in [2.75, 3.05) is 33.4 Å². The molecule has 0 radical (unpaired) electrons. The number of likely N-dealkylation sites (N-methyl/N-ethyl adjacent to an activating group) is 1. The van der Waals surface area contributed by atoms with E-state index in [0.717, 1.165) is 23.7 Å². The molecule has 3 nitrogen and oxygen atoms in total. The molecule has 0 spiro atoms. The van der Waals surface area contributed by atoms with E-state index in [0.29, 0.717) is 19.1 Å². The summed E-state index contributed by atoms with van der Waals surface area (Å²) in [6.07, 6.45) is -0.0404. The summed E-state index contributed by atoms with van der Waals surface area (Å²) in [7, 11) is 1.91. The highest BCUT2D eigenvalue weighted by atomic mass is 35.5. The third-order valence-corrected chi connectivity index (χ3v) is 2.98. The SMILES string of the molecule is CNCC(OCCOCC(C)C)c1ccccc1Cl. The van der Waals surface area contributed by atoms with Gasteiger partial charge < -0.3 is 14.8 Å². The molecule has 1 rings (SSSR count). The Morgan fingerprint density at radius 3 is 2.58 bits per heavy atom. The van der Waals surface area contributed by atoms with E-state index in [1.807, 2.05) is 31.3 Å². The van der Waals surface area contributed by atoms with Gasteiger partial charge in [-0.15, -0.1) is 0 Å². The van der Waals surface area contributed by atoms with Gasteiger partial charge in [0.05, 0.1) is 19.3 Å². The first kappa shape index (κ1) is 16.4. The average Bonchev–Trinajstić information content (AvgIpc) is 2.37. The van der Waals surface area contributed by atoms with Gasteiger partial charge in [0.25, 0.3) is 0 Å². The highest BCUT2D eigenvalue weighted by molar-refractivity contribution is 6.31. The van der Waals surface area contributed by atoms with E-state index in [1.54, 1.807) is 0 Å². The molecule has 1 N–H and O–H groups in total. The average molecular weight is 286 g/mol. The van der Waals surface area contributed by atoms with Crippen LogP contribution in [0, 0.1) is 5.92 Å². The second-order valence-corrected chi connectivity index (χ2v) is 5.31. The van der Waals surface area contributed by atoms with Crippen LogP contribution < -0.4 is 5.32 Å². The summed E-state index contributed by atoms with van der Waals surface area (Å²) >= 11 is 6.20. The predicted molar refractivity (Wildman–Crippen MR) is 79.7 cm³/mol. The van der Waals surface area contributed by atoms with Gasteiger partial charge in [0, 0.05) is 23.7 Å². The second-order valence-electron chi connectivity index (χ2n) is 4.91. The summed E-state index contributed by atoms with van der Waals surface area (Å²) in [5.74, 6) is 0.552. The van der Waals surface area contributed by atoms with Gasteiger partial charge in [0.15, 0.2) is 0 Å². The molecule has 0 amide bonds. The van der Waals surface area contributed by atoms with Gasteiger partial charge in [-0.25, -0.2) is 0 Å². The van der Waals surface area contributed by atoms with E-state index in [1.165, 1.54) is 0 Å². The first-order chi connectivity index (χ1) is 9.15. The first-order valence-electron chi connectivity index (χ1n) is 6.73. The molecule has 4 heteroatoms. The number of benzene rings is 1. The summed E-state index contributed by atoms with van der Waals surface area (Å²) in [5.41, 5.74) is 1.02. The van der Waals surface area contributed by atoms with Gasteiger partial charge >= 0.3 is 0 Å². The summed E-state index contributed by atoms with van der Waals surface area (Å²) in [4.78, 5) is 0. The normalized spacial score (nSPS) is 12.9. The summed E-state index contributed by atoms with van der Waals surface area (Å²) < 4.78 is 11.4. The van der Waals surface area contributed by atoms with Crippen molar-refractivity contribution in [2.24, 2.45) is 5.92 Å². The predicted octanol–water partition coefficient (Wildman–Crippen LogP) is 3.29.